The van der Waals surface area contributed by atoms with Crippen LogP contribution in [0.4, 0.5) is 0 Å². The number of amides is 2. The van der Waals surface area contributed by atoms with Gasteiger partial charge in [-0.15, -0.1) is 0 Å². The first-order chi connectivity index (χ1) is 15.9. The van der Waals surface area contributed by atoms with E-state index in [1.807, 2.05) is 48.2 Å². The van der Waals surface area contributed by atoms with Gasteiger partial charge < -0.3 is 20.1 Å². The maximum absolute atomic E-state index is 13.0. The second-order valence-corrected chi connectivity index (χ2v) is 9.06. The van der Waals surface area contributed by atoms with Gasteiger partial charge in [0, 0.05) is 37.8 Å². The fourth-order valence-corrected chi connectivity index (χ4v) is 4.97. The third-order valence-electron chi connectivity index (χ3n) is 6.71. The summed E-state index contributed by atoms with van der Waals surface area (Å²) in [5.41, 5.74) is 2.85. The first kappa shape index (κ1) is 23.3. The van der Waals surface area contributed by atoms with Crippen molar-refractivity contribution in [3.05, 3.63) is 65.2 Å². The molecule has 2 aromatic carbocycles. The lowest BCUT2D eigenvalue weighted by atomic mass is 10.0. The van der Waals surface area contributed by atoms with Crippen molar-refractivity contribution in [2.24, 2.45) is 0 Å². The van der Waals surface area contributed by atoms with Crippen LogP contribution in [-0.4, -0.2) is 71.7 Å². The molecule has 2 amide bonds. The second-order valence-electron chi connectivity index (χ2n) is 9.06. The zero-order valence-corrected chi connectivity index (χ0v) is 19.4. The highest BCUT2D eigenvalue weighted by Gasteiger charge is 2.41. The Morgan fingerprint density at radius 1 is 1.12 bits per heavy atom. The summed E-state index contributed by atoms with van der Waals surface area (Å²) >= 11 is 0. The first-order valence-electron chi connectivity index (χ1n) is 11.6. The molecule has 2 aliphatic heterocycles. The van der Waals surface area contributed by atoms with Crippen LogP contribution in [0, 0.1) is 6.92 Å². The van der Waals surface area contributed by atoms with E-state index in [0.717, 1.165) is 24.0 Å². The number of likely N-dealkylation sites (tertiary alicyclic amines) is 2. The summed E-state index contributed by atoms with van der Waals surface area (Å²) < 4.78 is 5.24. The van der Waals surface area contributed by atoms with E-state index < -0.39 is 6.10 Å². The number of benzene rings is 2. The predicted molar refractivity (Wildman–Crippen MR) is 126 cm³/mol. The normalized spacial score (nSPS) is 21.7. The number of aliphatic hydroxyl groups is 1. The van der Waals surface area contributed by atoms with E-state index in [9.17, 15) is 14.7 Å². The summed E-state index contributed by atoms with van der Waals surface area (Å²) in [7, 11) is 1.59. The highest BCUT2D eigenvalue weighted by atomic mass is 16.5. The van der Waals surface area contributed by atoms with Crippen LogP contribution in [0.25, 0.3) is 0 Å². The monoisotopic (exact) mass is 451 g/mol. The van der Waals surface area contributed by atoms with Crippen molar-refractivity contribution in [2.45, 2.75) is 50.9 Å². The molecule has 2 heterocycles. The molecular formula is C26H33N3O4. The molecule has 2 atom stereocenters. The number of nitrogens with zero attached hydrogens (tertiary/aromatic N) is 2. The van der Waals surface area contributed by atoms with Crippen LogP contribution in [-0.2, 0) is 11.3 Å². The molecule has 7 nitrogen and oxygen atoms in total. The number of ether oxygens (including phenoxy) is 1. The minimum atomic E-state index is -0.504. The smallest absolute Gasteiger partial charge is 0.253 e. The largest absolute Gasteiger partial charge is 0.497 e. The Kier molecular flexibility index (Phi) is 7.30. The van der Waals surface area contributed by atoms with Gasteiger partial charge in [0.1, 0.15) is 5.75 Å². The molecule has 0 radical (unpaired) electrons. The maximum Gasteiger partial charge on any atom is 0.253 e. The van der Waals surface area contributed by atoms with Gasteiger partial charge in [-0.05, 0) is 49.9 Å². The summed E-state index contributed by atoms with van der Waals surface area (Å²) in [5.74, 6) is 0.630. The molecule has 4 rings (SSSR count). The predicted octanol–water partition coefficient (Wildman–Crippen LogP) is 2.36. The molecule has 176 valence electrons. The maximum atomic E-state index is 13.0. The van der Waals surface area contributed by atoms with Crippen LogP contribution >= 0.6 is 0 Å². The number of aliphatic hydroxyl groups excluding tert-OH is 1. The highest BCUT2D eigenvalue weighted by molar-refractivity contribution is 5.94. The number of aryl methyl sites for hydroxylation is 1. The van der Waals surface area contributed by atoms with Crippen molar-refractivity contribution >= 4 is 11.8 Å². The summed E-state index contributed by atoms with van der Waals surface area (Å²) in [6.07, 6.45) is 1.51. The lowest BCUT2D eigenvalue weighted by Crippen LogP contribution is -2.52. The summed E-state index contributed by atoms with van der Waals surface area (Å²) in [6.45, 7) is 4.27. The van der Waals surface area contributed by atoms with Gasteiger partial charge in [0.05, 0.1) is 19.3 Å². The third kappa shape index (κ3) is 5.54. The number of carbonyl (C=O) groups excluding carboxylic acids is 2. The quantitative estimate of drug-likeness (QED) is 0.705. The minimum Gasteiger partial charge on any atom is -0.497 e. The van der Waals surface area contributed by atoms with Crippen molar-refractivity contribution in [3.8, 4) is 5.75 Å². The van der Waals surface area contributed by atoms with E-state index in [2.05, 4.69) is 16.3 Å². The summed E-state index contributed by atoms with van der Waals surface area (Å²) in [4.78, 5) is 29.9. The van der Waals surface area contributed by atoms with Crippen LogP contribution in [0.15, 0.2) is 48.5 Å². The summed E-state index contributed by atoms with van der Waals surface area (Å²) in [5, 5.41) is 13.4. The number of piperidine rings is 1. The number of carbonyl (C=O) groups is 2. The van der Waals surface area contributed by atoms with Gasteiger partial charge in [0.2, 0.25) is 5.91 Å². The minimum absolute atomic E-state index is 0.00116. The second kappa shape index (κ2) is 10.4. The van der Waals surface area contributed by atoms with Crippen molar-refractivity contribution in [3.63, 3.8) is 0 Å². The van der Waals surface area contributed by atoms with Gasteiger partial charge in [-0.25, -0.2) is 0 Å². The SMILES string of the molecule is COc1cccc(C(=O)N2CCC(N3C[C@H](O)C[C@H]3C(=O)NCc3cccc(C)c3)CC2)c1. The Labute approximate surface area is 195 Å². The lowest BCUT2D eigenvalue weighted by molar-refractivity contribution is -0.126. The Morgan fingerprint density at radius 3 is 2.61 bits per heavy atom. The van der Waals surface area contributed by atoms with Gasteiger partial charge in [0.15, 0.2) is 0 Å². The van der Waals surface area contributed by atoms with Crippen molar-refractivity contribution in [2.75, 3.05) is 26.7 Å². The number of hydrogen-bond donors (Lipinski definition) is 2. The van der Waals surface area contributed by atoms with E-state index in [4.69, 9.17) is 4.74 Å². The molecule has 0 aromatic heterocycles. The van der Waals surface area contributed by atoms with E-state index in [-0.39, 0.29) is 23.9 Å². The molecule has 33 heavy (non-hydrogen) atoms. The fraction of sp³-hybridized carbons (Fsp3) is 0.462. The first-order valence-corrected chi connectivity index (χ1v) is 11.6. The lowest BCUT2D eigenvalue weighted by Gasteiger charge is -2.39. The number of nitrogens with one attached hydrogen (secondary N) is 1. The number of rotatable bonds is 6. The number of hydrogen-bond acceptors (Lipinski definition) is 5. The van der Waals surface area contributed by atoms with Crippen molar-refractivity contribution in [1.82, 2.24) is 15.1 Å². The van der Waals surface area contributed by atoms with E-state index in [0.29, 0.717) is 43.9 Å². The van der Waals surface area contributed by atoms with Crippen LogP contribution in [0.5, 0.6) is 5.75 Å². The average molecular weight is 452 g/mol. The Hall–Kier alpha value is -2.90. The highest BCUT2D eigenvalue weighted by Crippen LogP contribution is 2.27. The molecule has 0 aliphatic carbocycles. The molecule has 2 aromatic rings. The van der Waals surface area contributed by atoms with E-state index in [1.165, 1.54) is 0 Å². The van der Waals surface area contributed by atoms with Gasteiger partial charge in [-0.3, -0.25) is 14.5 Å². The van der Waals surface area contributed by atoms with Gasteiger partial charge in [0.25, 0.3) is 5.91 Å². The molecule has 2 N–H and O–H groups in total. The Balaban J connectivity index is 1.34. The molecule has 7 heteroatoms. The van der Waals surface area contributed by atoms with Crippen LogP contribution in [0.3, 0.4) is 0 Å². The zero-order chi connectivity index (χ0) is 23.4. The zero-order valence-electron chi connectivity index (χ0n) is 19.4. The topological polar surface area (TPSA) is 82.1 Å². The van der Waals surface area contributed by atoms with Crippen LogP contribution in [0.1, 0.15) is 40.7 Å². The standard InChI is InChI=1S/C26H33N3O4/c1-18-5-3-6-19(13-18)16-27-25(31)24-15-22(30)17-29(24)21-9-11-28(12-10-21)26(32)20-7-4-8-23(14-20)33-2/h3-8,13-14,21-22,24,30H,9-12,15-17H2,1-2H3,(H,27,31)/t22-,24+/m1/s1. The molecule has 2 fully saturated rings. The number of methoxy groups -OCH3 is 1. The number of β-amino-alcohol motifs (C(OH)–C–C–N with tert-alkyl or cyclic N) is 1. The molecule has 2 saturated heterocycles. The average Bonchev–Trinajstić information content (AvgIpc) is 3.24. The van der Waals surface area contributed by atoms with Crippen LogP contribution in [0.2, 0.25) is 0 Å². The molecule has 0 unspecified atom stereocenters. The fourth-order valence-electron chi connectivity index (χ4n) is 4.97. The Morgan fingerprint density at radius 2 is 1.88 bits per heavy atom. The van der Waals surface area contributed by atoms with Gasteiger partial charge >= 0.3 is 0 Å². The van der Waals surface area contributed by atoms with E-state index >= 15 is 0 Å². The van der Waals surface area contributed by atoms with Crippen LogP contribution < -0.4 is 10.1 Å². The van der Waals surface area contributed by atoms with Crippen molar-refractivity contribution in [1.29, 1.82) is 0 Å². The molecule has 2 aliphatic rings. The third-order valence-corrected chi connectivity index (χ3v) is 6.71. The van der Waals surface area contributed by atoms with E-state index in [1.54, 1.807) is 13.2 Å². The van der Waals surface area contributed by atoms with Crippen molar-refractivity contribution < 1.29 is 19.4 Å². The molecule has 0 bridgehead atoms. The molecule has 0 saturated carbocycles. The summed E-state index contributed by atoms with van der Waals surface area (Å²) in [6, 6.07) is 15.1. The van der Waals surface area contributed by atoms with Gasteiger partial charge in [-0.2, -0.15) is 0 Å². The van der Waals surface area contributed by atoms with Gasteiger partial charge in [-0.1, -0.05) is 35.9 Å². The molecular weight excluding hydrogens is 418 g/mol. The molecule has 0 spiro atoms. The Bertz CT molecular complexity index is 987.